The highest BCUT2D eigenvalue weighted by molar-refractivity contribution is 7.09. The van der Waals surface area contributed by atoms with Crippen molar-refractivity contribution in [2.75, 3.05) is 6.54 Å². The molecule has 2 unspecified atom stereocenters. The number of rotatable bonds is 6. The lowest BCUT2D eigenvalue weighted by Gasteiger charge is -2.17. The molecule has 6 heteroatoms. The second-order valence-corrected chi connectivity index (χ2v) is 6.13. The van der Waals surface area contributed by atoms with Gasteiger partial charge in [0.05, 0.1) is 9.93 Å². The Morgan fingerprint density at radius 2 is 2.19 bits per heavy atom. The molecule has 0 aliphatic carbocycles. The van der Waals surface area contributed by atoms with E-state index < -0.39 is 0 Å². The van der Waals surface area contributed by atoms with Gasteiger partial charge in [0, 0.05) is 41.7 Å². The predicted molar refractivity (Wildman–Crippen MR) is 84.8 cm³/mol. The average Bonchev–Trinajstić information content (AvgIpc) is 2.98. The van der Waals surface area contributed by atoms with E-state index in [2.05, 4.69) is 17.2 Å². The zero-order valence-electron chi connectivity index (χ0n) is 12.4. The van der Waals surface area contributed by atoms with Crippen LogP contribution >= 0.6 is 11.3 Å². The second kappa shape index (κ2) is 6.78. The number of aryl methyl sites for hydroxylation is 1. The minimum Gasteiger partial charge on any atom is -0.310 e. The molecule has 0 spiro atoms. The highest BCUT2D eigenvalue weighted by Crippen LogP contribution is 2.24. The van der Waals surface area contributed by atoms with Crippen LogP contribution in [-0.2, 0) is 0 Å². The molecule has 5 nitrogen and oxygen atoms in total. The SMILES string of the molecule is Cc1ccc(C(C)NCC(C)c2nccs2)cc1[N+](=O)[O-]. The molecule has 0 radical (unpaired) electrons. The Morgan fingerprint density at radius 3 is 2.81 bits per heavy atom. The molecule has 0 aliphatic heterocycles. The smallest absolute Gasteiger partial charge is 0.272 e. The van der Waals surface area contributed by atoms with Crippen LogP contribution in [0, 0.1) is 17.0 Å². The zero-order valence-corrected chi connectivity index (χ0v) is 13.2. The van der Waals surface area contributed by atoms with Crippen LogP contribution in [0.5, 0.6) is 0 Å². The number of hydrogen-bond donors (Lipinski definition) is 1. The standard InChI is InChI=1S/C15H19N3O2S/c1-10-4-5-13(8-14(10)18(19)20)12(3)17-9-11(2)15-16-6-7-21-15/h4-8,11-12,17H,9H2,1-3H3. The first-order valence-corrected chi connectivity index (χ1v) is 7.74. The zero-order chi connectivity index (χ0) is 15.4. The molecular weight excluding hydrogens is 286 g/mol. The van der Waals surface area contributed by atoms with Crippen molar-refractivity contribution < 1.29 is 4.92 Å². The number of nitrogens with one attached hydrogen (secondary N) is 1. The van der Waals surface area contributed by atoms with Crippen LogP contribution in [0.1, 0.15) is 41.9 Å². The van der Waals surface area contributed by atoms with Gasteiger partial charge in [-0.3, -0.25) is 10.1 Å². The normalized spacial score (nSPS) is 13.9. The molecule has 1 aromatic carbocycles. The molecule has 0 bridgehead atoms. The topological polar surface area (TPSA) is 68.1 Å². The molecule has 2 aromatic rings. The molecule has 1 heterocycles. The molecule has 0 amide bonds. The summed E-state index contributed by atoms with van der Waals surface area (Å²) in [5, 5.41) is 17.5. The monoisotopic (exact) mass is 305 g/mol. The third-order valence-electron chi connectivity index (χ3n) is 3.53. The van der Waals surface area contributed by atoms with Gasteiger partial charge in [-0.05, 0) is 19.4 Å². The van der Waals surface area contributed by atoms with Gasteiger partial charge >= 0.3 is 0 Å². The van der Waals surface area contributed by atoms with Crippen LogP contribution in [0.2, 0.25) is 0 Å². The van der Waals surface area contributed by atoms with Crippen molar-refractivity contribution in [3.05, 3.63) is 56.0 Å². The summed E-state index contributed by atoms with van der Waals surface area (Å²) in [5.74, 6) is 0.327. The molecule has 1 aromatic heterocycles. The Morgan fingerprint density at radius 1 is 1.43 bits per heavy atom. The first kappa shape index (κ1) is 15.6. The lowest BCUT2D eigenvalue weighted by atomic mass is 10.0. The van der Waals surface area contributed by atoms with Gasteiger partial charge in [0.2, 0.25) is 0 Å². The number of nitro groups is 1. The van der Waals surface area contributed by atoms with Crippen molar-refractivity contribution in [1.29, 1.82) is 0 Å². The number of benzene rings is 1. The van der Waals surface area contributed by atoms with Crippen molar-refractivity contribution in [3.8, 4) is 0 Å². The fraction of sp³-hybridized carbons (Fsp3) is 0.400. The summed E-state index contributed by atoms with van der Waals surface area (Å²) >= 11 is 1.65. The summed E-state index contributed by atoms with van der Waals surface area (Å²) in [6.07, 6.45) is 1.81. The van der Waals surface area contributed by atoms with Gasteiger partial charge in [-0.2, -0.15) is 0 Å². The van der Waals surface area contributed by atoms with Crippen molar-refractivity contribution >= 4 is 17.0 Å². The molecule has 2 rings (SSSR count). The lowest BCUT2D eigenvalue weighted by molar-refractivity contribution is -0.385. The molecule has 0 fully saturated rings. The third kappa shape index (κ3) is 3.86. The van der Waals surface area contributed by atoms with E-state index >= 15 is 0 Å². The maximum Gasteiger partial charge on any atom is 0.272 e. The van der Waals surface area contributed by atoms with Crippen molar-refractivity contribution in [2.45, 2.75) is 32.7 Å². The predicted octanol–water partition coefficient (Wildman–Crippen LogP) is 3.81. The van der Waals surface area contributed by atoms with Crippen LogP contribution in [0.3, 0.4) is 0 Å². The van der Waals surface area contributed by atoms with Crippen LogP contribution in [0.15, 0.2) is 29.8 Å². The van der Waals surface area contributed by atoms with Crippen molar-refractivity contribution in [1.82, 2.24) is 10.3 Å². The Bertz CT molecular complexity index is 613. The van der Waals surface area contributed by atoms with E-state index in [1.54, 1.807) is 30.4 Å². The number of hydrogen-bond acceptors (Lipinski definition) is 5. The van der Waals surface area contributed by atoms with E-state index in [9.17, 15) is 10.1 Å². The highest BCUT2D eigenvalue weighted by atomic mass is 32.1. The molecule has 0 aliphatic rings. The number of thiazole rings is 1. The summed E-state index contributed by atoms with van der Waals surface area (Å²) in [6.45, 7) is 6.68. The van der Waals surface area contributed by atoms with E-state index in [0.29, 0.717) is 11.5 Å². The fourth-order valence-electron chi connectivity index (χ4n) is 2.13. The Labute approximate surface area is 128 Å². The van der Waals surface area contributed by atoms with E-state index in [1.165, 1.54) is 0 Å². The quantitative estimate of drug-likeness (QED) is 0.651. The van der Waals surface area contributed by atoms with Gasteiger partial charge in [0.1, 0.15) is 0 Å². The van der Waals surface area contributed by atoms with Gasteiger partial charge in [0.25, 0.3) is 5.69 Å². The van der Waals surface area contributed by atoms with Gasteiger partial charge in [0.15, 0.2) is 0 Å². The Balaban J connectivity index is 2.02. The average molecular weight is 305 g/mol. The lowest BCUT2D eigenvalue weighted by Crippen LogP contribution is -2.23. The van der Waals surface area contributed by atoms with Gasteiger partial charge in [-0.1, -0.05) is 19.1 Å². The maximum atomic E-state index is 11.0. The molecule has 0 saturated carbocycles. The van der Waals surface area contributed by atoms with Crippen LogP contribution in [0.25, 0.3) is 0 Å². The molecule has 112 valence electrons. The summed E-state index contributed by atoms with van der Waals surface area (Å²) in [7, 11) is 0. The number of nitro benzene ring substituents is 1. The van der Waals surface area contributed by atoms with E-state index in [1.807, 2.05) is 24.6 Å². The fourth-order valence-corrected chi connectivity index (χ4v) is 2.83. The Kier molecular flexibility index (Phi) is 5.03. The van der Waals surface area contributed by atoms with E-state index in [-0.39, 0.29) is 16.7 Å². The molecule has 21 heavy (non-hydrogen) atoms. The first-order chi connectivity index (χ1) is 9.99. The largest absolute Gasteiger partial charge is 0.310 e. The number of aromatic nitrogens is 1. The van der Waals surface area contributed by atoms with Crippen LogP contribution in [-0.4, -0.2) is 16.5 Å². The van der Waals surface area contributed by atoms with Crippen molar-refractivity contribution in [3.63, 3.8) is 0 Å². The minimum absolute atomic E-state index is 0.0618. The maximum absolute atomic E-state index is 11.0. The highest BCUT2D eigenvalue weighted by Gasteiger charge is 2.15. The third-order valence-corrected chi connectivity index (χ3v) is 4.54. The second-order valence-electron chi connectivity index (χ2n) is 5.20. The first-order valence-electron chi connectivity index (χ1n) is 6.86. The van der Waals surface area contributed by atoms with E-state index in [4.69, 9.17) is 0 Å². The van der Waals surface area contributed by atoms with Crippen molar-refractivity contribution in [2.24, 2.45) is 0 Å². The Hall–Kier alpha value is -1.79. The molecule has 0 saturated heterocycles. The molecule has 1 N–H and O–H groups in total. The van der Waals surface area contributed by atoms with Gasteiger partial charge in [-0.25, -0.2) is 4.98 Å². The summed E-state index contributed by atoms with van der Waals surface area (Å²) in [5.41, 5.74) is 1.79. The summed E-state index contributed by atoms with van der Waals surface area (Å²) < 4.78 is 0. The number of nitrogens with zero attached hydrogens (tertiary/aromatic N) is 2. The van der Waals surface area contributed by atoms with Gasteiger partial charge in [-0.15, -0.1) is 11.3 Å². The van der Waals surface area contributed by atoms with Crippen LogP contribution < -0.4 is 5.32 Å². The van der Waals surface area contributed by atoms with E-state index in [0.717, 1.165) is 17.1 Å². The minimum atomic E-state index is -0.330. The van der Waals surface area contributed by atoms with Gasteiger partial charge < -0.3 is 5.32 Å². The van der Waals surface area contributed by atoms with Crippen LogP contribution in [0.4, 0.5) is 5.69 Å². The molecular formula is C15H19N3O2S. The summed E-state index contributed by atoms with van der Waals surface area (Å²) in [6, 6.07) is 5.46. The summed E-state index contributed by atoms with van der Waals surface area (Å²) in [4.78, 5) is 15.0. The molecule has 2 atom stereocenters.